The van der Waals surface area contributed by atoms with Crippen LogP contribution in [-0.4, -0.2) is 66.5 Å². The molecule has 0 radical (unpaired) electrons. The number of nitrogens with zero attached hydrogens (tertiary/aromatic N) is 4. The quantitative estimate of drug-likeness (QED) is 0.490. The number of aliphatic hydroxyl groups excluding tert-OH is 1. The maximum Gasteiger partial charge on any atom is 0.184 e. The van der Waals surface area contributed by atoms with Gasteiger partial charge in [-0.3, -0.25) is 4.57 Å². The molecule has 0 aliphatic carbocycles. The van der Waals surface area contributed by atoms with Crippen LogP contribution in [0.25, 0.3) is 11.2 Å². The molecule has 4 heterocycles. The van der Waals surface area contributed by atoms with Gasteiger partial charge in [0.2, 0.25) is 0 Å². The summed E-state index contributed by atoms with van der Waals surface area (Å²) in [6, 6.07) is 9.51. The Kier molecular flexibility index (Phi) is 5.77. The first kappa shape index (κ1) is 22.1. The smallest absolute Gasteiger partial charge is 0.184 e. The molecule has 2 aliphatic heterocycles. The summed E-state index contributed by atoms with van der Waals surface area (Å²) in [5.74, 6) is -1.24. The summed E-state index contributed by atoms with van der Waals surface area (Å²) in [7, 11) is 0. The van der Waals surface area contributed by atoms with E-state index >= 15 is 0 Å². The summed E-state index contributed by atoms with van der Waals surface area (Å²) in [5.41, 5.74) is 7.66. The van der Waals surface area contributed by atoms with Crippen molar-refractivity contribution in [1.82, 2.24) is 19.5 Å². The highest BCUT2D eigenvalue weighted by Gasteiger charge is 2.47. The molecule has 2 fully saturated rings. The van der Waals surface area contributed by atoms with Crippen LogP contribution in [0, 0.1) is 0 Å². The van der Waals surface area contributed by atoms with E-state index in [9.17, 15) is 10.2 Å². The van der Waals surface area contributed by atoms with E-state index in [0.29, 0.717) is 11.2 Å². The van der Waals surface area contributed by atoms with Crippen molar-refractivity contribution in [3.8, 4) is 0 Å². The van der Waals surface area contributed by atoms with Crippen LogP contribution >= 0.6 is 0 Å². The molecular formula is C22H27N5O6. The topological polar surface area (TPSA) is 147 Å². The number of ether oxygens (including phenoxy) is 4. The maximum absolute atomic E-state index is 11.1. The number of nitrogen functional groups attached to an aromatic ring is 1. The highest BCUT2D eigenvalue weighted by molar-refractivity contribution is 5.81. The van der Waals surface area contributed by atoms with Gasteiger partial charge < -0.3 is 34.9 Å². The predicted molar refractivity (Wildman–Crippen MR) is 115 cm³/mol. The zero-order valence-corrected chi connectivity index (χ0v) is 18.3. The third-order valence-corrected chi connectivity index (χ3v) is 5.72. The molecule has 2 aromatic heterocycles. The molecule has 11 heteroatoms. The van der Waals surface area contributed by atoms with Gasteiger partial charge in [0.1, 0.15) is 30.2 Å². The summed E-state index contributed by atoms with van der Waals surface area (Å²) in [6.45, 7) is 3.23. The van der Waals surface area contributed by atoms with Gasteiger partial charge in [0, 0.05) is 12.0 Å². The van der Waals surface area contributed by atoms with Crippen LogP contribution in [0.4, 0.5) is 5.82 Å². The van der Waals surface area contributed by atoms with Crippen LogP contribution in [-0.2, 0) is 18.9 Å². The Morgan fingerprint density at radius 1 is 1.15 bits per heavy atom. The minimum Gasteiger partial charge on any atom is -0.390 e. The fraction of sp³-hybridized carbons (Fsp3) is 0.500. The van der Waals surface area contributed by atoms with Gasteiger partial charge in [-0.15, -0.1) is 0 Å². The molecule has 4 N–H and O–H groups in total. The molecule has 176 valence electrons. The lowest BCUT2D eigenvalue weighted by Crippen LogP contribution is -2.47. The second kappa shape index (κ2) is 8.60. The molecule has 0 bridgehead atoms. The van der Waals surface area contributed by atoms with Gasteiger partial charge in [0.05, 0.1) is 19.0 Å². The standard InChI is InChI=1S/C22H27N5O6/c1-22(2,29)33-14-8-13(28)17-15(9-30-21(32-17)12-6-4-3-5-7-12)31-20(14)27-11-26-16-18(23)24-10-25-19(16)27/h3-7,10-11,13-15,17,20-21,28-29H,8-9H2,1-2H3,(H2,23,24,25)/t13-,14-,15-,17+,20-,21?/m1/s1. The first-order chi connectivity index (χ1) is 15.8. The van der Waals surface area contributed by atoms with Crippen LogP contribution in [0.5, 0.6) is 0 Å². The molecule has 11 nitrogen and oxygen atoms in total. The van der Waals surface area contributed by atoms with Crippen LogP contribution < -0.4 is 5.73 Å². The van der Waals surface area contributed by atoms with E-state index < -0.39 is 42.7 Å². The van der Waals surface area contributed by atoms with E-state index in [1.165, 1.54) is 26.5 Å². The fourth-order valence-corrected chi connectivity index (χ4v) is 4.32. The van der Waals surface area contributed by atoms with Crippen molar-refractivity contribution in [2.45, 2.75) is 63.0 Å². The van der Waals surface area contributed by atoms with Crippen LogP contribution in [0.15, 0.2) is 43.0 Å². The maximum atomic E-state index is 11.1. The SMILES string of the molecule is CC(C)(O)O[C@@H]1C[C@@H](O)[C@@H]2OC(c3ccccc3)OC[C@H]2O[C@H]1n1cnc2c(N)ncnc21. The zero-order chi connectivity index (χ0) is 23.2. The molecule has 6 atom stereocenters. The van der Waals surface area contributed by atoms with Gasteiger partial charge in [0.25, 0.3) is 0 Å². The molecule has 5 rings (SSSR count). The van der Waals surface area contributed by atoms with Crippen LogP contribution in [0.3, 0.4) is 0 Å². The Labute approximate surface area is 190 Å². The lowest BCUT2D eigenvalue weighted by molar-refractivity contribution is -0.293. The number of fused-ring (bicyclic) bond motifs is 2. The van der Waals surface area contributed by atoms with Crippen LogP contribution in [0.1, 0.15) is 38.3 Å². The number of aromatic nitrogens is 4. The third kappa shape index (κ3) is 4.43. The number of imidazole rings is 1. The molecule has 1 unspecified atom stereocenters. The third-order valence-electron chi connectivity index (χ3n) is 5.72. The lowest BCUT2D eigenvalue weighted by atomic mass is 10.0. The average molecular weight is 457 g/mol. The average Bonchev–Trinajstić information content (AvgIpc) is 3.16. The first-order valence-corrected chi connectivity index (χ1v) is 10.8. The minimum atomic E-state index is -1.48. The van der Waals surface area contributed by atoms with Crippen molar-refractivity contribution >= 4 is 17.0 Å². The molecule has 0 amide bonds. The number of benzene rings is 1. The molecule has 1 aromatic carbocycles. The van der Waals surface area contributed by atoms with Gasteiger partial charge in [-0.1, -0.05) is 30.3 Å². The fourth-order valence-electron chi connectivity index (χ4n) is 4.32. The van der Waals surface area contributed by atoms with E-state index in [4.69, 9.17) is 24.7 Å². The number of hydrogen-bond acceptors (Lipinski definition) is 10. The Morgan fingerprint density at radius 2 is 1.94 bits per heavy atom. The second-order valence-electron chi connectivity index (χ2n) is 8.73. The molecule has 0 spiro atoms. The Bertz CT molecular complexity index is 1100. The van der Waals surface area contributed by atoms with E-state index in [2.05, 4.69) is 15.0 Å². The highest BCUT2D eigenvalue weighted by atomic mass is 16.7. The summed E-state index contributed by atoms with van der Waals surface area (Å²) in [5, 5.41) is 21.5. The monoisotopic (exact) mass is 457 g/mol. The van der Waals surface area contributed by atoms with Gasteiger partial charge in [-0.25, -0.2) is 15.0 Å². The molecule has 3 aromatic rings. The van der Waals surface area contributed by atoms with Crippen molar-refractivity contribution in [3.63, 3.8) is 0 Å². The van der Waals surface area contributed by atoms with Gasteiger partial charge in [0.15, 0.2) is 29.8 Å². The zero-order valence-electron chi connectivity index (χ0n) is 18.3. The van der Waals surface area contributed by atoms with Crippen molar-refractivity contribution < 1.29 is 29.2 Å². The van der Waals surface area contributed by atoms with Crippen LogP contribution in [0.2, 0.25) is 0 Å². The number of aliphatic hydroxyl groups is 2. The van der Waals surface area contributed by atoms with Gasteiger partial charge >= 0.3 is 0 Å². The molecule has 2 saturated heterocycles. The van der Waals surface area contributed by atoms with Gasteiger partial charge in [-0.2, -0.15) is 0 Å². The summed E-state index contributed by atoms with van der Waals surface area (Å²) in [4.78, 5) is 12.6. The largest absolute Gasteiger partial charge is 0.390 e. The van der Waals surface area contributed by atoms with E-state index in [0.717, 1.165) is 5.56 Å². The summed E-state index contributed by atoms with van der Waals surface area (Å²) in [6.07, 6.45) is -1.36. The summed E-state index contributed by atoms with van der Waals surface area (Å²) >= 11 is 0. The molecule has 2 aliphatic rings. The highest BCUT2D eigenvalue weighted by Crippen LogP contribution is 2.38. The van der Waals surface area contributed by atoms with E-state index in [1.54, 1.807) is 4.57 Å². The van der Waals surface area contributed by atoms with Crippen molar-refractivity contribution in [2.75, 3.05) is 12.3 Å². The lowest BCUT2D eigenvalue weighted by Gasteiger charge is -2.37. The van der Waals surface area contributed by atoms with Crippen molar-refractivity contribution in [1.29, 1.82) is 0 Å². The minimum absolute atomic E-state index is 0.136. The van der Waals surface area contributed by atoms with Gasteiger partial charge in [-0.05, 0) is 13.8 Å². The van der Waals surface area contributed by atoms with Crippen molar-refractivity contribution in [3.05, 3.63) is 48.5 Å². The molecular weight excluding hydrogens is 430 g/mol. The van der Waals surface area contributed by atoms with Crippen molar-refractivity contribution in [2.24, 2.45) is 0 Å². The number of anilines is 1. The van der Waals surface area contributed by atoms with E-state index in [-0.39, 0.29) is 18.8 Å². The summed E-state index contributed by atoms with van der Waals surface area (Å²) < 4.78 is 26.0. The Balaban J connectivity index is 1.49. The molecule has 33 heavy (non-hydrogen) atoms. The second-order valence-corrected chi connectivity index (χ2v) is 8.73. The Hall–Kier alpha value is -2.67. The number of nitrogens with two attached hydrogens (primary N) is 1. The normalized spacial score (nSPS) is 30.7. The first-order valence-electron chi connectivity index (χ1n) is 10.8. The van der Waals surface area contributed by atoms with E-state index in [1.807, 2.05) is 30.3 Å². The Morgan fingerprint density at radius 3 is 2.70 bits per heavy atom. The number of hydrogen-bond donors (Lipinski definition) is 3. The molecule has 0 saturated carbocycles. The predicted octanol–water partition coefficient (Wildman–Crippen LogP) is 1.28. The number of rotatable bonds is 4.